The molecule has 3 aromatic carbocycles. The highest BCUT2D eigenvalue weighted by Gasteiger charge is 2.33. The fourth-order valence-electron chi connectivity index (χ4n) is 6.46. The average Bonchev–Trinajstić information content (AvgIpc) is 3.60. The summed E-state index contributed by atoms with van der Waals surface area (Å²) in [7, 11) is 0. The normalized spacial score (nSPS) is 19.1. The van der Waals surface area contributed by atoms with Gasteiger partial charge in [0.15, 0.2) is 0 Å². The Morgan fingerprint density at radius 1 is 0.837 bits per heavy atom. The fraction of sp³-hybridized carbons (Fsp3) is 0.382. The van der Waals surface area contributed by atoms with Gasteiger partial charge in [0.1, 0.15) is 12.1 Å². The minimum atomic E-state index is -0.722. The molecule has 2 N–H and O–H groups in total. The zero-order valence-electron chi connectivity index (χ0n) is 24.3. The first kappa shape index (κ1) is 29.2. The molecule has 0 radical (unpaired) electrons. The smallest absolute Gasteiger partial charge is 0.255 e. The van der Waals surface area contributed by atoms with Crippen molar-refractivity contribution in [3.8, 4) is 0 Å². The summed E-state index contributed by atoms with van der Waals surface area (Å²) in [5, 5.41) is 7.06. The summed E-state index contributed by atoms with van der Waals surface area (Å²) in [6.45, 7) is 4.53. The van der Waals surface area contributed by atoms with Gasteiger partial charge in [-0.2, -0.15) is 0 Å². The van der Waals surface area contributed by atoms with E-state index in [4.69, 9.17) is 11.6 Å². The van der Waals surface area contributed by atoms with E-state index in [1.807, 2.05) is 64.4 Å². The first-order chi connectivity index (χ1) is 21.0. The van der Waals surface area contributed by atoms with Crippen LogP contribution in [0.4, 0.5) is 5.69 Å². The maximum absolute atomic E-state index is 14.0. The maximum Gasteiger partial charge on any atom is 0.255 e. The quantitative estimate of drug-likeness (QED) is 0.431. The van der Waals surface area contributed by atoms with Crippen LogP contribution in [-0.4, -0.2) is 79.4 Å². The Hall–Kier alpha value is -3.88. The molecule has 3 aromatic rings. The molecule has 1 unspecified atom stereocenters. The number of carbonyl (C=O) groups is 3. The SMILES string of the molecule is O=C(N[C@H](Cc1ccc(Cl)cc1)C(=O)N1CCN(c2ccccc2C(=O)N2CCCC2)CC1)C1NCCc2ccccc21. The predicted octanol–water partition coefficient (Wildman–Crippen LogP) is 3.84. The van der Waals surface area contributed by atoms with E-state index in [2.05, 4.69) is 21.6 Å². The first-order valence-corrected chi connectivity index (χ1v) is 15.6. The number of nitrogens with one attached hydrogen (secondary N) is 2. The lowest BCUT2D eigenvalue weighted by Gasteiger charge is -2.38. The number of anilines is 1. The third-order valence-electron chi connectivity index (χ3n) is 8.80. The highest BCUT2D eigenvalue weighted by Crippen LogP contribution is 2.26. The van der Waals surface area contributed by atoms with E-state index in [0.717, 1.165) is 60.3 Å². The van der Waals surface area contributed by atoms with E-state index in [-0.39, 0.29) is 17.7 Å². The fourth-order valence-corrected chi connectivity index (χ4v) is 6.58. The van der Waals surface area contributed by atoms with Crippen LogP contribution in [0.15, 0.2) is 72.8 Å². The molecule has 0 aliphatic carbocycles. The van der Waals surface area contributed by atoms with Crippen LogP contribution in [0.5, 0.6) is 0 Å². The highest BCUT2D eigenvalue weighted by molar-refractivity contribution is 6.30. The molecule has 0 spiro atoms. The van der Waals surface area contributed by atoms with Crippen molar-refractivity contribution in [2.75, 3.05) is 50.7 Å². The lowest BCUT2D eigenvalue weighted by atomic mass is 9.93. The van der Waals surface area contributed by atoms with Gasteiger partial charge in [0.25, 0.3) is 5.91 Å². The summed E-state index contributed by atoms with van der Waals surface area (Å²) in [5.74, 6) is -0.226. The molecule has 224 valence electrons. The lowest BCUT2D eigenvalue weighted by Crippen LogP contribution is -2.57. The number of para-hydroxylation sites is 1. The second-order valence-corrected chi connectivity index (χ2v) is 12.0. The lowest BCUT2D eigenvalue weighted by molar-refractivity contribution is -0.137. The number of fused-ring (bicyclic) bond motifs is 1. The number of halogens is 1. The van der Waals surface area contributed by atoms with Gasteiger partial charge in [-0.05, 0) is 60.2 Å². The minimum Gasteiger partial charge on any atom is -0.367 e. The molecule has 0 aromatic heterocycles. The second-order valence-electron chi connectivity index (χ2n) is 11.6. The van der Waals surface area contributed by atoms with Crippen molar-refractivity contribution < 1.29 is 14.4 Å². The van der Waals surface area contributed by atoms with E-state index in [9.17, 15) is 14.4 Å². The number of carbonyl (C=O) groups excluding carboxylic acids is 3. The average molecular weight is 600 g/mol. The number of hydrogen-bond donors (Lipinski definition) is 2. The number of piperazine rings is 1. The largest absolute Gasteiger partial charge is 0.367 e. The van der Waals surface area contributed by atoms with E-state index in [0.29, 0.717) is 44.2 Å². The Morgan fingerprint density at radius 3 is 2.30 bits per heavy atom. The number of rotatable bonds is 7. The van der Waals surface area contributed by atoms with Crippen molar-refractivity contribution in [3.05, 3.63) is 100 Å². The Balaban J connectivity index is 1.16. The van der Waals surface area contributed by atoms with Gasteiger partial charge in [-0.25, -0.2) is 0 Å². The Bertz CT molecular complexity index is 1460. The summed E-state index contributed by atoms with van der Waals surface area (Å²) in [4.78, 5) is 46.9. The molecule has 3 aliphatic heterocycles. The van der Waals surface area contributed by atoms with Gasteiger partial charge in [0, 0.05) is 62.9 Å². The topological polar surface area (TPSA) is 85.0 Å². The van der Waals surface area contributed by atoms with Crippen molar-refractivity contribution >= 4 is 35.0 Å². The molecule has 2 atom stereocenters. The molecule has 0 bridgehead atoms. The summed E-state index contributed by atoms with van der Waals surface area (Å²) >= 11 is 6.12. The van der Waals surface area contributed by atoms with Crippen molar-refractivity contribution in [3.63, 3.8) is 0 Å². The summed E-state index contributed by atoms with van der Waals surface area (Å²) < 4.78 is 0. The number of amides is 3. The maximum atomic E-state index is 14.0. The van der Waals surface area contributed by atoms with Crippen LogP contribution in [0.3, 0.4) is 0 Å². The predicted molar refractivity (Wildman–Crippen MR) is 168 cm³/mol. The minimum absolute atomic E-state index is 0.0789. The number of likely N-dealkylation sites (tertiary alicyclic amines) is 1. The third kappa shape index (κ3) is 6.55. The van der Waals surface area contributed by atoms with Crippen LogP contribution < -0.4 is 15.5 Å². The Labute approximate surface area is 258 Å². The van der Waals surface area contributed by atoms with E-state index in [1.165, 1.54) is 0 Å². The number of hydrogen-bond acceptors (Lipinski definition) is 5. The van der Waals surface area contributed by atoms with Gasteiger partial charge < -0.3 is 25.3 Å². The van der Waals surface area contributed by atoms with Crippen molar-refractivity contribution in [1.82, 2.24) is 20.4 Å². The molecule has 8 nitrogen and oxygen atoms in total. The molecular formula is C34H38ClN5O3. The van der Waals surface area contributed by atoms with Crippen LogP contribution in [0.2, 0.25) is 5.02 Å². The summed E-state index contributed by atoms with van der Waals surface area (Å²) in [6.07, 6.45) is 3.32. The molecule has 6 rings (SSSR count). The third-order valence-corrected chi connectivity index (χ3v) is 9.05. The van der Waals surface area contributed by atoms with Gasteiger partial charge in [0.2, 0.25) is 11.8 Å². The van der Waals surface area contributed by atoms with Gasteiger partial charge in [-0.15, -0.1) is 0 Å². The Kier molecular flexibility index (Phi) is 8.95. The van der Waals surface area contributed by atoms with Gasteiger partial charge in [-0.3, -0.25) is 14.4 Å². The molecular weight excluding hydrogens is 562 g/mol. The van der Waals surface area contributed by atoms with Crippen LogP contribution in [0.1, 0.15) is 45.9 Å². The second kappa shape index (κ2) is 13.2. The van der Waals surface area contributed by atoms with Crippen LogP contribution >= 0.6 is 11.6 Å². The molecule has 9 heteroatoms. The van der Waals surface area contributed by atoms with Crippen molar-refractivity contribution in [2.24, 2.45) is 0 Å². The van der Waals surface area contributed by atoms with Gasteiger partial charge >= 0.3 is 0 Å². The van der Waals surface area contributed by atoms with Crippen LogP contribution in [0, 0.1) is 0 Å². The number of benzene rings is 3. The molecule has 3 amide bonds. The molecule has 3 aliphatic rings. The van der Waals surface area contributed by atoms with Crippen LogP contribution in [0.25, 0.3) is 0 Å². The van der Waals surface area contributed by atoms with E-state index in [1.54, 1.807) is 12.1 Å². The Morgan fingerprint density at radius 2 is 1.53 bits per heavy atom. The van der Waals surface area contributed by atoms with Gasteiger partial charge in [0.05, 0.1) is 5.56 Å². The first-order valence-electron chi connectivity index (χ1n) is 15.3. The standard InChI is InChI=1S/C34H38ClN5O3/c35-26-13-11-24(12-14-26)23-29(37-32(41)31-27-8-2-1-7-25(27)15-16-36-31)34(43)40-21-19-38(20-22-40)30-10-4-3-9-28(30)33(42)39-17-5-6-18-39/h1-4,7-14,29,31,36H,5-6,15-23H2,(H,37,41)/t29-,31?/m1/s1. The number of nitrogens with zero attached hydrogens (tertiary/aromatic N) is 3. The zero-order chi connectivity index (χ0) is 29.8. The molecule has 43 heavy (non-hydrogen) atoms. The zero-order valence-corrected chi connectivity index (χ0v) is 25.1. The highest BCUT2D eigenvalue weighted by atomic mass is 35.5. The van der Waals surface area contributed by atoms with E-state index < -0.39 is 12.1 Å². The van der Waals surface area contributed by atoms with E-state index >= 15 is 0 Å². The van der Waals surface area contributed by atoms with Crippen molar-refractivity contribution in [2.45, 2.75) is 37.8 Å². The summed E-state index contributed by atoms with van der Waals surface area (Å²) in [6, 6.07) is 21.9. The molecule has 0 saturated carbocycles. The summed E-state index contributed by atoms with van der Waals surface area (Å²) in [5.41, 5.74) is 4.67. The molecule has 2 saturated heterocycles. The van der Waals surface area contributed by atoms with Gasteiger partial charge in [-0.1, -0.05) is 60.1 Å². The monoisotopic (exact) mass is 599 g/mol. The molecule has 2 fully saturated rings. The van der Waals surface area contributed by atoms with Crippen molar-refractivity contribution in [1.29, 1.82) is 0 Å². The molecule has 3 heterocycles. The van der Waals surface area contributed by atoms with Crippen LogP contribution in [-0.2, 0) is 22.4 Å².